The summed E-state index contributed by atoms with van der Waals surface area (Å²) in [5.41, 5.74) is 0.749. The molecule has 3 N–H and O–H groups in total. The third-order valence-corrected chi connectivity index (χ3v) is 6.82. The number of likely N-dealkylation sites (N-methyl/N-ethyl adjacent to an activating group) is 2. The van der Waals surface area contributed by atoms with Crippen LogP contribution in [0.3, 0.4) is 0 Å². The molecule has 4 rings (SSSR count). The van der Waals surface area contributed by atoms with Crippen molar-refractivity contribution < 1.29 is 13.2 Å². The molecule has 1 amide bonds. The van der Waals surface area contributed by atoms with Gasteiger partial charge in [-0.05, 0) is 37.1 Å². The van der Waals surface area contributed by atoms with Gasteiger partial charge in [-0.15, -0.1) is 0 Å². The van der Waals surface area contributed by atoms with E-state index in [1.807, 2.05) is 11.9 Å². The summed E-state index contributed by atoms with van der Waals surface area (Å²) in [4.78, 5) is 25.8. The summed E-state index contributed by atoms with van der Waals surface area (Å²) in [6.07, 6.45) is 6.44. The molecule has 29 heavy (non-hydrogen) atoms. The summed E-state index contributed by atoms with van der Waals surface area (Å²) < 4.78 is 22.8. The first-order chi connectivity index (χ1) is 13.7. The molecule has 154 valence electrons. The van der Waals surface area contributed by atoms with Crippen LogP contribution < -0.4 is 20.3 Å². The topological polar surface area (TPSA) is 122 Å². The molecule has 9 nitrogen and oxygen atoms in total. The van der Waals surface area contributed by atoms with Crippen LogP contribution >= 0.6 is 0 Å². The number of hydrogen-bond acceptors (Lipinski definition) is 7. The van der Waals surface area contributed by atoms with Crippen LogP contribution in [-0.4, -0.2) is 43.9 Å². The fourth-order valence-corrected chi connectivity index (χ4v) is 4.74. The Labute approximate surface area is 170 Å². The van der Waals surface area contributed by atoms with Gasteiger partial charge >= 0.3 is 0 Å². The minimum absolute atomic E-state index is 0.0357. The fourth-order valence-electron chi connectivity index (χ4n) is 4.22. The van der Waals surface area contributed by atoms with Gasteiger partial charge in [0.1, 0.15) is 11.2 Å². The van der Waals surface area contributed by atoms with Crippen molar-refractivity contribution in [1.82, 2.24) is 9.97 Å². The van der Waals surface area contributed by atoms with Crippen molar-refractivity contribution in [3.63, 3.8) is 0 Å². The SMILES string of the molecule is CN1C(=O)C2(CCCCC2)N(C)c2nc(Nc3ccc(S(N)(=O)=O)cc3)ncc21. The van der Waals surface area contributed by atoms with Crippen molar-refractivity contribution in [3.05, 3.63) is 30.5 Å². The molecular weight excluding hydrogens is 392 g/mol. The van der Waals surface area contributed by atoms with Gasteiger partial charge in [0.15, 0.2) is 5.82 Å². The van der Waals surface area contributed by atoms with Crippen LogP contribution in [0.25, 0.3) is 0 Å². The van der Waals surface area contributed by atoms with Crippen molar-refractivity contribution >= 4 is 39.1 Å². The summed E-state index contributed by atoms with van der Waals surface area (Å²) in [6.45, 7) is 0. The number of amides is 1. The largest absolute Gasteiger partial charge is 0.343 e. The van der Waals surface area contributed by atoms with Gasteiger partial charge in [-0.2, -0.15) is 4.98 Å². The number of nitrogens with zero attached hydrogens (tertiary/aromatic N) is 4. The van der Waals surface area contributed by atoms with E-state index in [2.05, 4.69) is 15.3 Å². The predicted octanol–water partition coefficient (Wildman–Crippen LogP) is 1.98. The number of rotatable bonds is 3. The smallest absolute Gasteiger partial charge is 0.252 e. The van der Waals surface area contributed by atoms with Gasteiger partial charge in [0, 0.05) is 19.8 Å². The highest BCUT2D eigenvalue weighted by atomic mass is 32.2. The molecule has 0 saturated heterocycles. The first kappa shape index (κ1) is 19.6. The van der Waals surface area contributed by atoms with Crippen molar-refractivity contribution in [3.8, 4) is 0 Å². The average molecular weight is 417 g/mol. The quantitative estimate of drug-likeness (QED) is 0.784. The van der Waals surface area contributed by atoms with E-state index in [9.17, 15) is 13.2 Å². The van der Waals surface area contributed by atoms with Crippen molar-refractivity contribution in [2.75, 3.05) is 29.2 Å². The Morgan fingerprint density at radius 3 is 2.38 bits per heavy atom. The second-order valence-electron chi connectivity index (χ2n) is 7.61. The van der Waals surface area contributed by atoms with Crippen LogP contribution in [-0.2, 0) is 14.8 Å². The monoisotopic (exact) mass is 416 g/mol. The fraction of sp³-hybridized carbons (Fsp3) is 0.421. The first-order valence-corrected chi connectivity index (χ1v) is 11.1. The lowest BCUT2D eigenvalue weighted by Gasteiger charge is -2.49. The molecule has 1 aromatic heterocycles. The lowest BCUT2D eigenvalue weighted by atomic mass is 9.78. The standard InChI is InChI=1S/C19H24N6O3S/c1-24-15-12-21-18(22-13-6-8-14(9-7-13)29(20,27)28)23-16(15)25(2)19(17(24)26)10-4-3-5-11-19/h6-9,12H,3-5,10-11H2,1-2H3,(H2,20,27,28)(H,21,22,23). The summed E-state index contributed by atoms with van der Waals surface area (Å²) in [7, 11) is -0.0481. The zero-order valence-electron chi connectivity index (χ0n) is 16.4. The van der Waals surface area contributed by atoms with Crippen LogP contribution in [0.15, 0.2) is 35.4 Å². The molecule has 10 heteroatoms. The summed E-state index contributed by atoms with van der Waals surface area (Å²) in [5, 5.41) is 8.22. The molecule has 2 heterocycles. The van der Waals surface area contributed by atoms with Crippen LogP contribution in [0, 0.1) is 0 Å². The van der Waals surface area contributed by atoms with Crippen molar-refractivity contribution in [1.29, 1.82) is 0 Å². The highest BCUT2D eigenvalue weighted by molar-refractivity contribution is 7.89. The Kier molecular flexibility index (Phi) is 4.70. The lowest BCUT2D eigenvalue weighted by molar-refractivity contribution is -0.125. The molecule has 0 atom stereocenters. The van der Waals surface area contributed by atoms with Gasteiger partial charge in [0.05, 0.1) is 11.1 Å². The number of nitrogens with one attached hydrogen (secondary N) is 1. The molecule has 0 radical (unpaired) electrons. The highest BCUT2D eigenvalue weighted by Crippen LogP contribution is 2.44. The molecule has 1 aliphatic heterocycles. The molecule has 1 spiro atoms. The summed E-state index contributed by atoms with van der Waals surface area (Å²) in [6, 6.07) is 6.05. The van der Waals surface area contributed by atoms with Gasteiger partial charge in [-0.25, -0.2) is 18.5 Å². The van der Waals surface area contributed by atoms with E-state index in [0.29, 0.717) is 23.1 Å². The minimum Gasteiger partial charge on any atom is -0.343 e. The van der Waals surface area contributed by atoms with E-state index in [1.165, 1.54) is 12.1 Å². The number of sulfonamides is 1. The van der Waals surface area contributed by atoms with Gasteiger partial charge in [0.2, 0.25) is 16.0 Å². The number of anilines is 4. The molecule has 1 aliphatic carbocycles. The van der Waals surface area contributed by atoms with Gasteiger partial charge < -0.3 is 15.1 Å². The number of carbonyl (C=O) groups excluding carboxylic acids is 1. The highest BCUT2D eigenvalue weighted by Gasteiger charge is 2.49. The third kappa shape index (κ3) is 3.32. The Morgan fingerprint density at radius 2 is 1.76 bits per heavy atom. The van der Waals surface area contributed by atoms with E-state index in [4.69, 9.17) is 5.14 Å². The van der Waals surface area contributed by atoms with Gasteiger partial charge in [0.25, 0.3) is 5.91 Å². The summed E-state index contributed by atoms with van der Waals surface area (Å²) >= 11 is 0. The average Bonchev–Trinajstić information content (AvgIpc) is 2.71. The molecule has 2 aliphatic rings. The zero-order valence-corrected chi connectivity index (χ0v) is 17.2. The molecular formula is C19H24N6O3S. The Hall–Kier alpha value is -2.72. The predicted molar refractivity (Wildman–Crippen MR) is 111 cm³/mol. The molecule has 0 unspecified atom stereocenters. The third-order valence-electron chi connectivity index (χ3n) is 5.89. The van der Waals surface area contributed by atoms with Crippen LogP contribution in [0.2, 0.25) is 0 Å². The minimum atomic E-state index is -3.74. The Balaban J connectivity index is 1.65. The molecule has 1 saturated carbocycles. The van der Waals surface area contributed by atoms with Crippen molar-refractivity contribution in [2.45, 2.75) is 42.5 Å². The second kappa shape index (κ2) is 6.96. The number of hydrogen-bond donors (Lipinski definition) is 2. The lowest BCUT2D eigenvalue weighted by Crippen LogP contribution is -2.62. The maximum absolute atomic E-state index is 13.1. The Morgan fingerprint density at radius 1 is 1.10 bits per heavy atom. The van der Waals surface area contributed by atoms with Gasteiger partial charge in [-0.3, -0.25) is 4.79 Å². The Bertz CT molecular complexity index is 1050. The number of carbonyl (C=O) groups is 1. The molecule has 2 aromatic rings. The molecule has 1 aromatic carbocycles. The normalized spacial score (nSPS) is 18.7. The van der Waals surface area contributed by atoms with E-state index in [0.717, 1.165) is 32.1 Å². The van der Waals surface area contributed by atoms with E-state index < -0.39 is 15.6 Å². The summed E-state index contributed by atoms with van der Waals surface area (Å²) in [5.74, 6) is 1.16. The molecule has 0 bridgehead atoms. The zero-order chi connectivity index (χ0) is 20.8. The van der Waals surface area contributed by atoms with Crippen LogP contribution in [0.1, 0.15) is 32.1 Å². The number of benzene rings is 1. The maximum Gasteiger partial charge on any atom is 0.252 e. The second-order valence-corrected chi connectivity index (χ2v) is 9.17. The van der Waals surface area contributed by atoms with Crippen LogP contribution in [0.4, 0.5) is 23.1 Å². The van der Waals surface area contributed by atoms with E-state index in [1.54, 1.807) is 30.3 Å². The van der Waals surface area contributed by atoms with Crippen LogP contribution in [0.5, 0.6) is 0 Å². The maximum atomic E-state index is 13.1. The van der Waals surface area contributed by atoms with E-state index in [-0.39, 0.29) is 10.8 Å². The molecule has 1 fully saturated rings. The number of nitrogens with two attached hydrogens (primary N) is 1. The number of aromatic nitrogens is 2. The van der Waals surface area contributed by atoms with Gasteiger partial charge in [-0.1, -0.05) is 19.3 Å². The van der Waals surface area contributed by atoms with E-state index >= 15 is 0 Å². The van der Waals surface area contributed by atoms with Crippen molar-refractivity contribution in [2.24, 2.45) is 5.14 Å². The number of primary sulfonamides is 1. The first-order valence-electron chi connectivity index (χ1n) is 9.51. The number of fused-ring (bicyclic) bond motifs is 1.